The number of benzene rings is 1. The molecule has 112 valence electrons. The van der Waals surface area contributed by atoms with Gasteiger partial charge in [-0.25, -0.2) is 4.39 Å². The number of ether oxygens (including phenoxy) is 1. The molecule has 0 amide bonds. The van der Waals surface area contributed by atoms with E-state index in [4.69, 9.17) is 4.74 Å². The van der Waals surface area contributed by atoms with Crippen molar-refractivity contribution >= 4 is 0 Å². The van der Waals surface area contributed by atoms with Crippen LogP contribution in [0.2, 0.25) is 0 Å². The molecule has 0 radical (unpaired) electrons. The van der Waals surface area contributed by atoms with Gasteiger partial charge in [-0.1, -0.05) is 19.9 Å². The van der Waals surface area contributed by atoms with Gasteiger partial charge in [-0.3, -0.25) is 4.90 Å². The smallest absolute Gasteiger partial charge is 0.131 e. The average Bonchev–Trinajstić information content (AvgIpc) is 2.49. The quantitative estimate of drug-likeness (QED) is 0.897. The fourth-order valence-electron chi connectivity index (χ4n) is 2.92. The summed E-state index contributed by atoms with van der Waals surface area (Å²) in [4.78, 5) is 2.34. The first-order valence-electron chi connectivity index (χ1n) is 7.42. The maximum atomic E-state index is 14.0. The van der Waals surface area contributed by atoms with E-state index < -0.39 is 0 Å². The molecule has 0 saturated carbocycles. The summed E-state index contributed by atoms with van der Waals surface area (Å²) >= 11 is 0. The molecule has 3 nitrogen and oxygen atoms in total. The molecule has 0 bridgehead atoms. The Morgan fingerprint density at radius 3 is 2.70 bits per heavy atom. The van der Waals surface area contributed by atoms with Gasteiger partial charge in [0, 0.05) is 43.3 Å². The molecule has 1 aliphatic rings. The molecule has 20 heavy (non-hydrogen) atoms. The van der Waals surface area contributed by atoms with Crippen molar-refractivity contribution < 1.29 is 9.13 Å². The molecule has 4 heteroatoms. The summed E-state index contributed by atoms with van der Waals surface area (Å²) in [5.74, 6) is 0.393. The lowest BCUT2D eigenvalue weighted by atomic mass is 9.90. The summed E-state index contributed by atoms with van der Waals surface area (Å²) in [7, 11) is 1.56. The largest absolute Gasteiger partial charge is 0.497 e. The van der Waals surface area contributed by atoms with Gasteiger partial charge in [0.15, 0.2) is 0 Å². The normalized spacial score (nSPS) is 19.0. The first-order chi connectivity index (χ1) is 9.62. The van der Waals surface area contributed by atoms with E-state index in [2.05, 4.69) is 24.1 Å². The Kier molecular flexibility index (Phi) is 5.00. The van der Waals surface area contributed by atoms with Gasteiger partial charge in [-0.15, -0.1) is 0 Å². The van der Waals surface area contributed by atoms with Gasteiger partial charge in [-0.05, 0) is 18.9 Å². The van der Waals surface area contributed by atoms with E-state index in [1.807, 2.05) is 12.1 Å². The van der Waals surface area contributed by atoms with E-state index in [0.29, 0.717) is 12.3 Å². The van der Waals surface area contributed by atoms with Crippen LogP contribution in [0, 0.1) is 5.82 Å². The van der Waals surface area contributed by atoms with Gasteiger partial charge >= 0.3 is 0 Å². The minimum atomic E-state index is -0.179. The molecule has 1 N–H and O–H groups in total. The van der Waals surface area contributed by atoms with Crippen molar-refractivity contribution in [1.29, 1.82) is 0 Å². The Morgan fingerprint density at radius 1 is 1.35 bits per heavy atom. The average molecular weight is 280 g/mol. The molecular weight excluding hydrogens is 255 g/mol. The Hall–Kier alpha value is -1.13. The summed E-state index contributed by atoms with van der Waals surface area (Å²) in [6.07, 6.45) is 2.20. The zero-order valence-corrected chi connectivity index (χ0v) is 12.7. The predicted molar refractivity (Wildman–Crippen MR) is 79.5 cm³/mol. The van der Waals surface area contributed by atoms with Gasteiger partial charge in [0.2, 0.25) is 0 Å². The number of piperazine rings is 1. The van der Waals surface area contributed by atoms with E-state index >= 15 is 0 Å². The van der Waals surface area contributed by atoms with E-state index in [-0.39, 0.29) is 11.4 Å². The summed E-state index contributed by atoms with van der Waals surface area (Å²) in [5, 5.41) is 3.63. The zero-order chi connectivity index (χ0) is 14.6. The number of hydrogen-bond donors (Lipinski definition) is 1. The van der Waals surface area contributed by atoms with Crippen molar-refractivity contribution in [2.75, 3.05) is 26.7 Å². The number of nitrogens with zero attached hydrogens (tertiary/aromatic N) is 1. The lowest BCUT2D eigenvalue weighted by Gasteiger charge is -2.43. The maximum absolute atomic E-state index is 14.0. The van der Waals surface area contributed by atoms with Crippen LogP contribution in [0.5, 0.6) is 5.75 Å². The van der Waals surface area contributed by atoms with E-state index in [1.54, 1.807) is 7.11 Å². The number of nitrogens with one attached hydrogen (secondary N) is 1. The third-order valence-electron chi connectivity index (χ3n) is 4.46. The Bertz CT molecular complexity index is 446. The minimum Gasteiger partial charge on any atom is -0.497 e. The highest BCUT2D eigenvalue weighted by Crippen LogP contribution is 2.23. The van der Waals surface area contributed by atoms with Crippen molar-refractivity contribution in [2.24, 2.45) is 0 Å². The van der Waals surface area contributed by atoms with Crippen LogP contribution < -0.4 is 10.1 Å². The van der Waals surface area contributed by atoms with Gasteiger partial charge in [0.1, 0.15) is 11.6 Å². The highest BCUT2D eigenvalue weighted by molar-refractivity contribution is 5.28. The van der Waals surface area contributed by atoms with Crippen LogP contribution in [0.3, 0.4) is 0 Å². The molecule has 0 aliphatic carbocycles. The molecule has 1 heterocycles. The van der Waals surface area contributed by atoms with Gasteiger partial charge in [0.25, 0.3) is 0 Å². The van der Waals surface area contributed by atoms with Crippen molar-refractivity contribution in [3.63, 3.8) is 0 Å². The van der Waals surface area contributed by atoms with Crippen molar-refractivity contribution in [2.45, 2.75) is 38.8 Å². The second-order valence-electron chi connectivity index (χ2n) is 5.58. The molecule has 1 aromatic rings. The SMILES string of the molecule is CCC1(CC)CN(Cc2ccc(OC)cc2F)CCN1. The van der Waals surface area contributed by atoms with Crippen molar-refractivity contribution in [1.82, 2.24) is 10.2 Å². The molecule has 0 spiro atoms. The van der Waals surface area contributed by atoms with Gasteiger partial charge < -0.3 is 10.1 Å². The summed E-state index contributed by atoms with van der Waals surface area (Å²) in [6.45, 7) is 8.01. The molecule has 1 aliphatic heterocycles. The highest BCUT2D eigenvalue weighted by Gasteiger charge is 2.31. The molecule has 0 atom stereocenters. The van der Waals surface area contributed by atoms with Crippen LogP contribution in [0.4, 0.5) is 4.39 Å². The molecule has 1 saturated heterocycles. The van der Waals surface area contributed by atoms with Crippen molar-refractivity contribution in [3.8, 4) is 5.75 Å². The lowest BCUT2D eigenvalue weighted by Crippen LogP contribution is -2.59. The summed E-state index contributed by atoms with van der Waals surface area (Å²) < 4.78 is 19.1. The first kappa shape index (κ1) is 15.3. The van der Waals surface area contributed by atoms with E-state index in [0.717, 1.165) is 38.0 Å². The zero-order valence-electron chi connectivity index (χ0n) is 12.7. The number of methoxy groups -OCH3 is 1. The standard InChI is InChI=1S/C16H25FN2O/c1-4-16(5-2)12-19(9-8-18-16)11-13-6-7-14(20-3)10-15(13)17/h6-7,10,18H,4-5,8-9,11-12H2,1-3H3. The summed E-state index contributed by atoms with van der Waals surface area (Å²) in [6, 6.07) is 5.12. The topological polar surface area (TPSA) is 24.5 Å². The Labute approximate surface area is 121 Å². The Morgan fingerprint density at radius 2 is 2.10 bits per heavy atom. The van der Waals surface area contributed by atoms with Crippen LogP contribution in [0.1, 0.15) is 32.3 Å². The Balaban J connectivity index is 2.06. The van der Waals surface area contributed by atoms with Gasteiger partial charge in [-0.2, -0.15) is 0 Å². The second kappa shape index (κ2) is 6.55. The number of hydrogen-bond acceptors (Lipinski definition) is 3. The molecule has 0 unspecified atom stereocenters. The van der Waals surface area contributed by atoms with Gasteiger partial charge in [0.05, 0.1) is 7.11 Å². The van der Waals surface area contributed by atoms with Crippen LogP contribution in [-0.4, -0.2) is 37.2 Å². The third-order valence-corrected chi connectivity index (χ3v) is 4.46. The van der Waals surface area contributed by atoms with Crippen LogP contribution in [-0.2, 0) is 6.54 Å². The van der Waals surface area contributed by atoms with Crippen molar-refractivity contribution in [3.05, 3.63) is 29.6 Å². The third kappa shape index (κ3) is 3.30. The fraction of sp³-hybridized carbons (Fsp3) is 0.625. The molecule has 0 aromatic heterocycles. The van der Waals surface area contributed by atoms with Crippen LogP contribution >= 0.6 is 0 Å². The minimum absolute atomic E-state index is 0.179. The molecular formula is C16H25FN2O. The van der Waals surface area contributed by atoms with E-state index in [9.17, 15) is 4.39 Å². The van der Waals surface area contributed by atoms with E-state index in [1.165, 1.54) is 6.07 Å². The summed E-state index contributed by atoms with van der Waals surface area (Å²) in [5.41, 5.74) is 0.926. The van der Waals surface area contributed by atoms with Crippen LogP contribution in [0.25, 0.3) is 0 Å². The lowest BCUT2D eigenvalue weighted by molar-refractivity contribution is 0.117. The molecule has 1 aromatic carbocycles. The predicted octanol–water partition coefficient (Wildman–Crippen LogP) is 2.80. The van der Waals surface area contributed by atoms with Crippen LogP contribution in [0.15, 0.2) is 18.2 Å². The maximum Gasteiger partial charge on any atom is 0.131 e. The first-order valence-corrected chi connectivity index (χ1v) is 7.42. The number of halogens is 1. The monoisotopic (exact) mass is 280 g/mol. The fourth-order valence-corrected chi connectivity index (χ4v) is 2.92. The number of rotatable bonds is 5. The highest BCUT2D eigenvalue weighted by atomic mass is 19.1. The molecule has 1 fully saturated rings. The molecule has 2 rings (SSSR count). The second-order valence-corrected chi connectivity index (χ2v) is 5.58.